The molecule has 6 nitrogen and oxygen atoms in total. The first kappa shape index (κ1) is 20.6. The number of oxazole rings is 1. The minimum Gasteiger partial charge on any atom is -0.443 e. The van der Waals surface area contributed by atoms with Gasteiger partial charge in [-0.15, -0.1) is 0 Å². The Morgan fingerprint density at radius 3 is 2.43 bits per heavy atom. The molecule has 0 radical (unpaired) electrons. The first-order valence-corrected chi connectivity index (χ1v) is 10.9. The van der Waals surface area contributed by atoms with E-state index in [1.165, 1.54) is 22.8 Å². The summed E-state index contributed by atoms with van der Waals surface area (Å²) in [6.07, 6.45) is 1.80. The molecule has 0 spiro atoms. The minimum absolute atomic E-state index is 0.0373. The van der Waals surface area contributed by atoms with Crippen LogP contribution in [0.25, 0.3) is 0 Å². The molecule has 1 fully saturated rings. The van der Waals surface area contributed by atoms with Crippen molar-refractivity contribution in [2.24, 2.45) is 4.99 Å². The molecule has 0 unspecified atom stereocenters. The van der Waals surface area contributed by atoms with E-state index in [0.717, 1.165) is 24.8 Å². The maximum Gasteiger partial charge on any atom is 0.213 e. The number of benzene rings is 1. The van der Waals surface area contributed by atoms with Crippen LogP contribution in [0.4, 0.5) is 5.69 Å². The maximum atomic E-state index is 5.81. The summed E-state index contributed by atoms with van der Waals surface area (Å²) < 4.78 is 5.81. The smallest absolute Gasteiger partial charge is 0.213 e. The third kappa shape index (κ3) is 5.67. The summed E-state index contributed by atoms with van der Waals surface area (Å²) in [5.74, 6) is 4.71. The number of nitrogens with one attached hydrogen (secondary N) is 2. The molecule has 7 heteroatoms. The van der Waals surface area contributed by atoms with Crippen molar-refractivity contribution >= 4 is 23.4 Å². The number of nitrogens with zero attached hydrogens (tertiary/aromatic N) is 3. The number of anilines is 1. The second-order valence-electron chi connectivity index (χ2n) is 7.91. The second kappa shape index (κ2) is 9.37. The van der Waals surface area contributed by atoms with Crippen LogP contribution in [-0.2, 0) is 18.5 Å². The van der Waals surface area contributed by atoms with Gasteiger partial charge < -0.3 is 20.0 Å². The molecule has 152 valence electrons. The van der Waals surface area contributed by atoms with Gasteiger partial charge in [0.1, 0.15) is 5.76 Å². The van der Waals surface area contributed by atoms with Crippen molar-refractivity contribution in [3.05, 3.63) is 47.7 Å². The number of thioether (sulfide) groups is 1. The average molecular weight is 402 g/mol. The lowest BCUT2D eigenvalue weighted by Crippen LogP contribution is -2.36. The fourth-order valence-corrected chi connectivity index (χ4v) is 3.85. The van der Waals surface area contributed by atoms with Crippen molar-refractivity contribution in [3.63, 3.8) is 0 Å². The maximum absolute atomic E-state index is 5.81. The molecular formula is C21H31N5OS. The van der Waals surface area contributed by atoms with E-state index in [4.69, 9.17) is 4.42 Å². The van der Waals surface area contributed by atoms with Gasteiger partial charge in [0.25, 0.3) is 0 Å². The molecule has 0 aliphatic carbocycles. The van der Waals surface area contributed by atoms with Crippen LogP contribution in [0.2, 0.25) is 0 Å². The lowest BCUT2D eigenvalue weighted by molar-refractivity contribution is 0.379. The molecule has 0 bridgehead atoms. The van der Waals surface area contributed by atoms with Crippen LogP contribution in [-0.4, -0.2) is 42.6 Å². The fourth-order valence-electron chi connectivity index (χ4n) is 2.95. The summed E-state index contributed by atoms with van der Waals surface area (Å²) in [4.78, 5) is 11.1. The highest BCUT2D eigenvalue weighted by atomic mass is 32.2. The summed E-state index contributed by atoms with van der Waals surface area (Å²) in [6, 6.07) is 8.79. The Balaban J connectivity index is 1.48. The zero-order chi connectivity index (χ0) is 20.0. The Morgan fingerprint density at radius 2 is 1.82 bits per heavy atom. The molecule has 2 N–H and O–H groups in total. The van der Waals surface area contributed by atoms with Crippen LogP contribution in [0.1, 0.15) is 38.0 Å². The van der Waals surface area contributed by atoms with Crippen LogP contribution in [0, 0.1) is 0 Å². The molecule has 1 aliphatic rings. The minimum atomic E-state index is -0.0373. The fraction of sp³-hybridized carbons (Fsp3) is 0.524. The molecule has 0 atom stereocenters. The van der Waals surface area contributed by atoms with Crippen molar-refractivity contribution in [1.29, 1.82) is 0 Å². The number of hydrogen-bond acceptors (Lipinski definition) is 5. The van der Waals surface area contributed by atoms with Crippen molar-refractivity contribution in [2.45, 2.75) is 39.3 Å². The molecule has 3 rings (SSSR count). The van der Waals surface area contributed by atoms with Crippen molar-refractivity contribution in [2.75, 3.05) is 36.5 Å². The van der Waals surface area contributed by atoms with Gasteiger partial charge in [0.2, 0.25) is 5.89 Å². The van der Waals surface area contributed by atoms with Gasteiger partial charge in [-0.1, -0.05) is 32.9 Å². The number of aromatic nitrogens is 1. The summed E-state index contributed by atoms with van der Waals surface area (Å²) in [7, 11) is 1.77. The molecule has 1 aromatic carbocycles. The van der Waals surface area contributed by atoms with Gasteiger partial charge in [0.05, 0.1) is 12.7 Å². The lowest BCUT2D eigenvalue weighted by Gasteiger charge is -2.28. The van der Waals surface area contributed by atoms with Gasteiger partial charge in [-0.3, -0.25) is 4.99 Å². The van der Waals surface area contributed by atoms with Gasteiger partial charge in [-0.05, 0) is 17.7 Å². The zero-order valence-corrected chi connectivity index (χ0v) is 18.1. The lowest BCUT2D eigenvalue weighted by atomic mass is 9.94. The van der Waals surface area contributed by atoms with E-state index >= 15 is 0 Å². The van der Waals surface area contributed by atoms with Gasteiger partial charge in [0.15, 0.2) is 5.96 Å². The molecule has 1 aliphatic heterocycles. The molecule has 28 heavy (non-hydrogen) atoms. The predicted molar refractivity (Wildman–Crippen MR) is 118 cm³/mol. The standard InChI is InChI=1S/C21H31N5OS/c1-21(2,3)18-14-23-19(27-18)15-25-20(22-4)24-13-16-5-7-17(8-6-16)26-9-11-28-12-10-26/h5-8,14H,9-13,15H2,1-4H3,(H2,22,24,25). The van der Waals surface area contributed by atoms with E-state index in [9.17, 15) is 0 Å². The average Bonchev–Trinajstić information content (AvgIpc) is 3.19. The van der Waals surface area contributed by atoms with Crippen LogP contribution < -0.4 is 15.5 Å². The van der Waals surface area contributed by atoms with Crippen LogP contribution in [0.3, 0.4) is 0 Å². The third-order valence-corrected chi connectivity index (χ3v) is 5.64. The summed E-state index contributed by atoms with van der Waals surface area (Å²) in [5, 5.41) is 6.60. The Hall–Kier alpha value is -2.15. The van der Waals surface area contributed by atoms with Gasteiger partial charge in [0, 0.05) is 49.3 Å². The van der Waals surface area contributed by atoms with Gasteiger partial charge in [-0.2, -0.15) is 11.8 Å². The molecule has 0 amide bonds. The van der Waals surface area contributed by atoms with E-state index in [1.54, 1.807) is 13.2 Å². The number of hydrogen-bond donors (Lipinski definition) is 2. The molecule has 2 aromatic rings. The monoisotopic (exact) mass is 401 g/mol. The second-order valence-corrected chi connectivity index (χ2v) is 9.14. The van der Waals surface area contributed by atoms with Crippen LogP contribution in [0.15, 0.2) is 39.9 Å². The first-order valence-electron chi connectivity index (χ1n) is 9.77. The quantitative estimate of drug-likeness (QED) is 0.591. The summed E-state index contributed by atoms with van der Waals surface area (Å²) >= 11 is 2.03. The first-order chi connectivity index (χ1) is 13.5. The van der Waals surface area contributed by atoms with Crippen molar-refractivity contribution < 1.29 is 4.42 Å². The van der Waals surface area contributed by atoms with Crippen molar-refractivity contribution in [1.82, 2.24) is 15.6 Å². The van der Waals surface area contributed by atoms with E-state index in [0.29, 0.717) is 19.0 Å². The van der Waals surface area contributed by atoms with Crippen LogP contribution in [0.5, 0.6) is 0 Å². The highest BCUT2D eigenvalue weighted by molar-refractivity contribution is 7.99. The third-order valence-electron chi connectivity index (χ3n) is 4.70. The summed E-state index contributed by atoms with van der Waals surface area (Å²) in [6.45, 7) is 9.83. The molecular weight excluding hydrogens is 370 g/mol. The van der Waals surface area contributed by atoms with E-state index in [2.05, 4.69) is 70.5 Å². The molecule has 1 saturated heterocycles. The largest absolute Gasteiger partial charge is 0.443 e. The number of guanidine groups is 1. The van der Waals surface area contributed by atoms with Crippen LogP contribution >= 0.6 is 11.8 Å². The van der Waals surface area contributed by atoms with E-state index < -0.39 is 0 Å². The topological polar surface area (TPSA) is 65.7 Å². The van der Waals surface area contributed by atoms with E-state index in [1.807, 2.05) is 11.8 Å². The normalized spacial score (nSPS) is 15.6. The number of rotatable bonds is 5. The number of aliphatic imine (C=N–C) groups is 1. The SMILES string of the molecule is CN=C(NCc1ccc(N2CCSCC2)cc1)NCc1ncc(C(C)(C)C)o1. The highest BCUT2D eigenvalue weighted by Gasteiger charge is 2.19. The zero-order valence-electron chi connectivity index (χ0n) is 17.3. The van der Waals surface area contributed by atoms with Gasteiger partial charge >= 0.3 is 0 Å². The molecule has 0 saturated carbocycles. The Bertz CT molecular complexity index is 773. The highest BCUT2D eigenvalue weighted by Crippen LogP contribution is 2.22. The Labute approximate surface area is 172 Å². The Morgan fingerprint density at radius 1 is 1.14 bits per heavy atom. The summed E-state index contributed by atoms with van der Waals surface area (Å²) in [5.41, 5.74) is 2.50. The molecule has 1 aromatic heterocycles. The predicted octanol–water partition coefficient (Wildman–Crippen LogP) is 3.39. The Kier molecular flexibility index (Phi) is 6.88. The van der Waals surface area contributed by atoms with Gasteiger partial charge in [-0.25, -0.2) is 4.98 Å². The molecule has 2 heterocycles. The van der Waals surface area contributed by atoms with E-state index in [-0.39, 0.29) is 5.41 Å². The van der Waals surface area contributed by atoms with Crippen molar-refractivity contribution in [3.8, 4) is 0 Å².